The van der Waals surface area contributed by atoms with E-state index in [2.05, 4.69) is 0 Å². The molecule has 1 heterocycles. The van der Waals surface area contributed by atoms with Crippen LogP contribution in [0.1, 0.15) is 69.9 Å². The number of aliphatic hydroxyl groups excluding tert-OH is 3. The second-order valence-electron chi connectivity index (χ2n) is 15.7. The van der Waals surface area contributed by atoms with E-state index >= 15 is 4.79 Å². The van der Waals surface area contributed by atoms with Crippen LogP contribution in [0.15, 0.2) is 71.8 Å². The number of hydrogen-bond donors (Lipinski definition) is 5. The maximum atomic E-state index is 15.3. The molecular formula is C40H47NO14. The average molecular weight is 766 g/mol. The minimum absolute atomic E-state index is 0.0416. The molecule has 296 valence electrons. The van der Waals surface area contributed by atoms with Gasteiger partial charge >= 0.3 is 23.9 Å². The Morgan fingerprint density at radius 3 is 2.05 bits per heavy atom. The zero-order valence-electron chi connectivity index (χ0n) is 31.3. The molecule has 4 aliphatic rings. The SMILES string of the molecule is CC(=O)O[C@H]1C(=O)[C@]2(C)[C@H](O)[C@H](O)C3OC[C@@]3(OC(C)=O)[C@H]2[C@H](OC(=O)c2ccccc2)[C@]2(O)C[C@H](OC(=O)[C@H](O)[C@@H](N)c3ccccc3)C(C)=C1C2(C)C. The first-order valence-corrected chi connectivity index (χ1v) is 18.0. The lowest BCUT2D eigenvalue weighted by atomic mass is 9.44. The highest BCUT2D eigenvalue weighted by Crippen LogP contribution is 2.64. The Kier molecular flexibility index (Phi) is 10.4. The second kappa shape index (κ2) is 14.2. The molecule has 6 rings (SSSR count). The van der Waals surface area contributed by atoms with Gasteiger partial charge in [-0.2, -0.15) is 0 Å². The molecule has 6 N–H and O–H groups in total. The molecule has 2 aromatic rings. The number of fused-ring (bicyclic) bond motifs is 5. The van der Waals surface area contributed by atoms with Gasteiger partial charge in [-0.25, -0.2) is 9.59 Å². The van der Waals surface area contributed by atoms with Crippen LogP contribution in [-0.4, -0.2) is 111 Å². The van der Waals surface area contributed by atoms with Gasteiger partial charge in [-0.1, -0.05) is 62.4 Å². The van der Waals surface area contributed by atoms with E-state index in [1.54, 1.807) is 48.5 Å². The van der Waals surface area contributed by atoms with Crippen molar-refractivity contribution in [3.63, 3.8) is 0 Å². The third-order valence-electron chi connectivity index (χ3n) is 12.2. The largest absolute Gasteiger partial charge is 0.456 e. The van der Waals surface area contributed by atoms with Gasteiger partial charge in [0.05, 0.1) is 35.6 Å². The van der Waals surface area contributed by atoms with Crippen molar-refractivity contribution >= 4 is 29.7 Å². The third-order valence-corrected chi connectivity index (χ3v) is 12.2. The molecule has 1 unspecified atom stereocenters. The first-order chi connectivity index (χ1) is 25.7. The van der Waals surface area contributed by atoms with Crippen LogP contribution >= 0.6 is 0 Å². The van der Waals surface area contributed by atoms with Gasteiger partial charge in [0.1, 0.15) is 30.0 Å². The van der Waals surface area contributed by atoms with Crippen LogP contribution in [0.2, 0.25) is 0 Å². The van der Waals surface area contributed by atoms with Crippen LogP contribution in [0, 0.1) is 16.7 Å². The van der Waals surface area contributed by atoms with E-state index in [9.17, 15) is 39.6 Å². The van der Waals surface area contributed by atoms with E-state index in [4.69, 9.17) is 29.4 Å². The Hall–Kier alpha value is -4.51. The van der Waals surface area contributed by atoms with Crippen molar-refractivity contribution in [3.05, 3.63) is 82.9 Å². The Labute approximate surface area is 317 Å². The maximum Gasteiger partial charge on any atom is 0.338 e. The first-order valence-electron chi connectivity index (χ1n) is 18.0. The molecule has 15 nitrogen and oxygen atoms in total. The number of rotatable bonds is 8. The summed E-state index contributed by atoms with van der Waals surface area (Å²) in [6.07, 6.45) is -13.0. The summed E-state index contributed by atoms with van der Waals surface area (Å²) in [4.78, 5) is 68.8. The van der Waals surface area contributed by atoms with Crippen LogP contribution in [0.3, 0.4) is 0 Å². The van der Waals surface area contributed by atoms with Gasteiger partial charge in [-0.15, -0.1) is 0 Å². The Bertz CT molecular complexity index is 1900. The van der Waals surface area contributed by atoms with Crippen LogP contribution in [0.4, 0.5) is 0 Å². The van der Waals surface area contributed by atoms with Gasteiger partial charge < -0.3 is 49.8 Å². The van der Waals surface area contributed by atoms with Crippen molar-refractivity contribution in [1.29, 1.82) is 0 Å². The van der Waals surface area contributed by atoms with Crippen LogP contribution in [-0.2, 0) is 42.9 Å². The summed E-state index contributed by atoms with van der Waals surface area (Å²) in [5, 5.41) is 48.0. The van der Waals surface area contributed by atoms with E-state index in [0.29, 0.717) is 5.56 Å². The molecule has 2 bridgehead atoms. The van der Waals surface area contributed by atoms with Crippen molar-refractivity contribution in [2.75, 3.05) is 6.61 Å². The number of hydrogen-bond acceptors (Lipinski definition) is 15. The van der Waals surface area contributed by atoms with E-state index in [-0.39, 0.29) is 16.7 Å². The van der Waals surface area contributed by atoms with Gasteiger partial charge in [-0.3, -0.25) is 14.4 Å². The fourth-order valence-corrected chi connectivity index (χ4v) is 9.33. The number of Topliss-reactive ketones (excluding diaryl/α,β-unsaturated/α-hetero) is 1. The topological polar surface area (TPSA) is 238 Å². The van der Waals surface area contributed by atoms with Crippen molar-refractivity contribution in [2.45, 2.75) is 108 Å². The molecule has 0 amide bonds. The van der Waals surface area contributed by atoms with Crippen LogP contribution < -0.4 is 5.73 Å². The molecule has 2 saturated carbocycles. The summed E-state index contributed by atoms with van der Waals surface area (Å²) in [5.41, 5.74) is -1.55. The molecule has 2 aromatic carbocycles. The maximum absolute atomic E-state index is 15.3. The molecular weight excluding hydrogens is 718 g/mol. The van der Waals surface area contributed by atoms with E-state index < -0.39 is 119 Å². The smallest absolute Gasteiger partial charge is 0.338 e. The monoisotopic (exact) mass is 765 g/mol. The Balaban J connectivity index is 1.60. The molecule has 3 aliphatic carbocycles. The highest BCUT2D eigenvalue weighted by atomic mass is 16.6. The van der Waals surface area contributed by atoms with Gasteiger partial charge in [0, 0.05) is 25.7 Å². The number of aliphatic hydroxyl groups is 4. The number of benzene rings is 2. The third kappa shape index (κ3) is 6.17. The van der Waals surface area contributed by atoms with Crippen molar-refractivity contribution in [1.82, 2.24) is 0 Å². The summed E-state index contributed by atoms with van der Waals surface area (Å²) >= 11 is 0. The lowest BCUT2D eigenvalue weighted by Crippen LogP contribution is -2.85. The standard InChI is InChI=1S/C40H47NO14/c1-19-24(53-36(49)27(44)26(41)22-13-9-7-10-14-22)17-40(50)34(54-35(48)23-15-11-8-12-16-23)30-38(6,32(47)29(52-20(2)42)25(19)37(40,4)5)31(46)28(45)33-39(30,18-51-33)55-21(3)43/h7-16,24,26-31,33-34,44-46,50H,17-18,41H2,1-6H3/t24-,26-,27+,28-,29+,30-,31+,33?,34-,38-,39+,40+/m0/s1. The lowest BCUT2D eigenvalue weighted by molar-refractivity contribution is -0.369. The summed E-state index contributed by atoms with van der Waals surface area (Å²) in [5.74, 6) is -6.63. The number of carbonyl (C=O) groups is 5. The molecule has 0 radical (unpaired) electrons. The lowest BCUT2D eigenvalue weighted by Gasteiger charge is -2.68. The predicted molar refractivity (Wildman–Crippen MR) is 189 cm³/mol. The summed E-state index contributed by atoms with van der Waals surface area (Å²) in [6.45, 7) is 7.50. The summed E-state index contributed by atoms with van der Waals surface area (Å²) < 4.78 is 29.6. The molecule has 0 spiro atoms. The minimum atomic E-state index is -2.41. The van der Waals surface area contributed by atoms with Crippen LogP contribution in [0.5, 0.6) is 0 Å². The Morgan fingerprint density at radius 2 is 1.51 bits per heavy atom. The quantitative estimate of drug-likeness (QED) is 0.144. The van der Waals surface area contributed by atoms with E-state index in [1.807, 2.05) is 0 Å². The number of ether oxygens (including phenoxy) is 5. The van der Waals surface area contributed by atoms with E-state index in [0.717, 1.165) is 13.8 Å². The van der Waals surface area contributed by atoms with Crippen molar-refractivity contribution in [2.24, 2.45) is 22.5 Å². The number of carbonyl (C=O) groups excluding carboxylic acids is 5. The molecule has 55 heavy (non-hydrogen) atoms. The van der Waals surface area contributed by atoms with Crippen molar-refractivity contribution < 1.29 is 68.1 Å². The molecule has 1 aliphatic heterocycles. The fraction of sp³-hybridized carbons (Fsp3) is 0.525. The molecule has 15 heteroatoms. The van der Waals surface area contributed by atoms with E-state index in [1.165, 1.54) is 39.8 Å². The van der Waals surface area contributed by atoms with Gasteiger partial charge in [0.25, 0.3) is 0 Å². The zero-order chi connectivity index (χ0) is 40.4. The number of esters is 4. The normalized spacial score (nSPS) is 36.0. The van der Waals surface area contributed by atoms with Gasteiger partial charge in [0.2, 0.25) is 0 Å². The van der Waals surface area contributed by atoms with Crippen LogP contribution in [0.25, 0.3) is 0 Å². The highest BCUT2D eigenvalue weighted by Gasteiger charge is 2.80. The fourth-order valence-electron chi connectivity index (χ4n) is 9.33. The zero-order valence-corrected chi connectivity index (χ0v) is 31.3. The minimum Gasteiger partial charge on any atom is -0.456 e. The molecule has 3 fully saturated rings. The number of ketones is 1. The molecule has 0 aromatic heterocycles. The summed E-state index contributed by atoms with van der Waals surface area (Å²) in [7, 11) is 0. The van der Waals surface area contributed by atoms with Crippen molar-refractivity contribution in [3.8, 4) is 0 Å². The highest BCUT2D eigenvalue weighted by molar-refractivity contribution is 5.95. The predicted octanol–water partition coefficient (Wildman–Crippen LogP) is 1.24. The second-order valence-corrected chi connectivity index (χ2v) is 15.7. The average Bonchev–Trinajstić information content (AvgIpc) is 3.13. The first kappa shape index (κ1) is 40.2. The number of nitrogens with two attached hydrogens (primary N) is 1. The van der Waals surface area contributed by atoms with Gasteiger partial charge in [0.15, 0.2) is 23.6 Å². The summed E-state index contributed by atoms with van der Waals surface area (Å²) in [6, 6.07) is 14.8. The Morgan fingerprint density at radius 1 is 0.909 bits per heavy atom. The van der Waals surface area contributed by atoms with Gasteiger partial charge in [-0.05, 0) is 42.7 Å². The molecule has 1 saturated heterocycles. The molecule has 12 atom stereocenters.